The molecule has 0 aliphatic carbocycles. The van der Waals surface area contributed by atoms with Crippen molar-refractivity contribution in [1.29, 1.82) is 0 Å². The van der Waals surface area contributed by atoms with Crippen molar-refractivity contribution in [3.8, 4) is 0 Å². The molecular formula is C54H94O12. The van der Waals surface area contributed by atoms with Crippen LogP contribution in [0.25, 0.3) is 0 Å². The smallest absolute Gasteiger partial charge is 0.189 e. The Kier molecular flexibility index (Phi) is 24.2. The van der Waals surface area contributed by atoms with Crippen LogP contribution in [0.15, 0.2) is 48.6 Å². The second-order valence-corrected chi connectivity index (χ2v) is 22.6. The average Bonchev–Trinajstić information content (AvgIpc) is 3.18. The molecule has 0 aromatic heterocycles. The van der Waals surface area contributed by atoms with Gasteiger partial charge in [0.2, 0.25) is 0 Å². The summed E-state index contributed by atoms with van der Waals surface area (Å²) >= 11 is 0. The zero-order valence-electron chi connectivity index (χ0n) is 45.4. The minimum atomic E-state index is -1.05. The molecule has 0 spiro atoms. The molecule has 0 fully saturated rings. The summed E-state index contributed by atoms with van der Waals surface area (Å²) < 4.78 is 51.9. The van der Waals surface area contributed by atoms with Crippen LogP contribution >= 0.6 is 0 Å². The minimum absolute atomic E-state index is 0.143. The van der Waals surface area contributed by atoms with E-state index in [2.05, 4.69) is 26.3 Å². The molecule has 1 unspecified atom stereocenters. The summed E-state index contributed by atoms with van der Waals surface area (Å²) in [5.41, 5.74) is -6.29. The summed E-state index contributed by atoms with van der Waals surface area (Å²) in [6.07, 6.45) is 2.51. The normalized spacial score (nSPS) is 14.4. The third-order valence-electron chi connectivity index (χ3n) is 12.1. The Hall–Kier alpha value is -2.68. The lowest BCUT2D eigenvalue weighted by atomic mass is 9.89. The van der Waals surface area contributed by atoms with Crippen molar-refractivity contribution in [3.63, 3.8) is 0 Å². The predicted octanol–water partition coefficient (Wildman–Crippen LogP) is 10.9. The van der Waals surface area contributed by atoms with Gasteiger partial charge >= 0.3 is 0 Å². The highest BCUT2D eigenvalue weighted by Crippen LogP contribution is 2.34. The minimum Gasteiger partial charge on any atom is -0.375 e. The van der Waals surface area contributed by atoms with Crippen LogP contribution in [-0.2, 0) is 57.1 Å². The molecule has 0 aromatic carbocycles. The lowest BCUT2D eigenvalue weighted by Crippen LogP contribution is -2.50. The molecule has 66 heavy (non-hydrogen) atoms. The van der Waals surface area contributed by atoms with E-state index in [1.165, 1.54) is 0 Å². The van der Waals surface area contributed by atoms with E-state index in [1.807, 2.05) is 55.4 Å². The fourth-order valence-corrected chi connectivity index (χ4v) is 6.69. The standard InChI is InChI=1S/C54H94O12/c1-25-53(24,29-33-62-52(22,23)45(58)41(8)9)66-37-54(34-63-46(10,11)26-30-59-49(16,17)42(55)38(2)3,35-64-47(12,13)27-31-60-50(18,19)43(56)39(4)5)36-65-48(14,15)28-32-61-51(20,21)44(57)40(6)7/h2,4,6,8,25-37H2,1,3,5,7,9-24H3. The van der Waals surface area contributed by atoms with Crippen molar-refractivity contribution in [2.75, 3.05) is 52.9 Å². The van der Waals surface area contributed by atoms with Crippen molar-refractivity contribution < 1.29 is 57.1 Å². The quantitative estimate of drug-likeness (QED) is 0.0547. The van der Waals surface area contributed by atoms with Crippen LogP contribution in [-0.4, -0.2) is 121 Å². The van der Waals surface area contributed by atoms with Gasteiger partial charge in [-0.15, -0.1) is 0 Å². The van der Waals surface area contributed by atoms with Gasteiger partial charge in [-0.25, -0.2) is 0 Å². The number of Topliss-reactive ketones (excluding diaryl/α,β-unsaturated/α-hetero) is 4. The lowest BCUT2D eigenvalue weighted by molar-refractivity contribution is -0.200. The van der Waals surface area contributed by atoms with Gasteiger partial charge in [-0.3, -0.25) is 19.2 Å². The summed E-state index contributed by atoms with van der Waals surface area (Å²) in [5, 5.41) is 0. The van der Waals surface area contributed by atoms with Crippen LogP contribution in [0.3, 0.4) is 0 Å². The van der Waals surface area contributed by atoms with Crippen molar-refractivity contribution >= 4 is 23.1 Å². The van der Waals surface area contributed by atoms with E-state index in [1.54, 1.807) is 83.1 Å². The van der Waals surface area contributed by atoms with Crippen LogP contribution in [0, 0.1) is 5.41 Å². The largest absolute Gasteiger partial charge is 0.375 e. The third kappa shape index (κ3) is 22.2. The predicted molar refractivity (Wildman–Crippen MR) is 265 cm³/mol. The van der Waals surface area contributed by atoms with E-state index in [0.717, 1.165) is 0 Å². The Morgan fingerprint density at radius 2 is 0.561 bits per heavy atom. The first-order chi connectivity index (χ1) is 29.6. The Morgan fingerprint density at radius 3 is 0.773 bits per heavy atom. The third-order valence-corrected chi connectivity index (χ3v) is 12.1. The molecule has 12 nitrogen and oxygen atoms in total. The Labute approximate surface area is 401 Å². The van der Waals surface area contributed by atoms with Crippen molar-refractivity contribution in [3.05, 3.63) is 48.6 Å². The van der Waals surface area contributed by atoms with E-state index in [4.69, 9.17) is 37.9 Å². The van der Waals surface area contributed by atoms with Gasteiger partial charge in [0.1, 0.15) is 22.4 Å². The molecule has 0 amide bonds. The molecule has 0 aromatic rings. The van der Waals surface area contributed by atoms with Gasteiger partial charge in [0.05, 0.1) is 80.7 Å². The second-order valence-electron chi connectivity index (χ2n) is 22.6. The number of hydrogen-bond acceptors (Lipinski definition) is 12. The highest BCUT2D eigenvalue weighted by Gasteiger charge is 2.42. The fraction of sp³-hybridized carbons (Fsp3) is 0.778. The average molecular weight is 935 g/mol. The summed E-state index contributed by atoms with van der Waals surface area (Å²) in [4.78, 5) is 51.2. The molecule has 12 heteroatoms. The maximum absolute atomic E-state index is 12.8. The molecule has 0 rings (SSSR count). The zero-order valence-corrected chi connectivity index (χ0v) is 45.4. The van der Waals surface area contributed by atoms with Gasteiger partial charge in [-0.05, 0) is 186 Å². The van der Waals surface area contributed by atoms with E-state index in [0.29, 0.717) is 54.4 Å². The zero-order chi connectivity index (χ0) is 52.0. The molecule has 382 valence electrons. The van der Waals surface area contributed by atoms with Crippen molar-refractivity contribution in [1.82, 2.24) is 0 Å². The number of rotatable bonds is 37. The molecule has 0 aliphatic rings. The molecule has 1 atom stereocenters. The van der Waals surface area contributed by atoms with Gasteiger partial charge in [0.25, 0.3) is 0 Å². The molecule has 0 saturated carbocycles. The number of hydrogen-bond donors (Lipinski definition) is 0. The summed E-state index contributed by atoms with van der Waals surface area (Å²) in [7, 11) is 0. The van der Waals surface area contributed by atoms with Crippen LogP contribution < -0.4 is 0 Å². The molecular weight excluding hydrogens is 841 g/mol. The van der Waals surface area contributed by atoms with Crippen LogP contribution in [0.2, 0.25) is 0 Å². The SMILES string of the molecule is C=C(C)C(=O)C(C)(C)OCCC(C)(C)OCC(COC(C)(C)CCOC(C)(C)C(=O)C(=C)C)(COC(C)(C)CCOC(C)(C)C(=O)C(=C)C)COC(C)(CC)CCOC(C)(C)C(=O)C(=C)C. The molecule has 0 saturated heterocycles. The topological polar surface area (TPSA) is 142 Å². The molecule has 0 bridgehead atoms. The number of carbonyl (C=O) groups is 4. The highest BCUT2D eigenvalue weighted by molar-refractivity contribution is 6.01. The first kappa shape index (κ1) is 63.3. The summed E-state index contributed by atoms with van der Waals surface area (Å²) in [5.74, 6) is -0.663. The van der Waals surface area contributed by atoms with Crippen molar-refractivity contribution in [2.45, 2.75) is 215 Å². The highest BCUT2D eigenvalue weighted by atomic mass is 16.6. The Bertz CT molecular complexity index is 1550. The number of carbonyl (C=O) groups excluding carboxylic acids is 4. The van der Waals surface area contributed by atoms with E-state index in [-0.39, 0.29) is 76.0 Å². The second kappa shape index (κ2) is 25.3. The van der Waals surface area contributed by atoms with Crippen molar-refractivity contribution in [2.24, 2.45) is 5.41 Å². The first-order valence-corrected chi connectivity index (χ1v) is 23.6. The number of ether oxygens (including phenoxy) is 8. The van der Waals surface area contributed by atoms with Gasteiger partial charge in [0, 0.05) is 0 Å². The van der Waals surface area contributed by atoms with Crippen LogP contribution in [0.4, 0.5) is 0 Å². The fourth-order valence-electron chi connectivity index (χ4n) is 6.69. The first-order valence-electron chi connectivity index (χ1n) is 23.6. The lowest BCUT2D eigenvalue weighted by Gasteiger charge is -2.43. The molecule has 0 aliphatic heterocycles. The summed E-state index contributed by atoms with van der Waals surface area (Å²) in [6, 6.07) is 0. The van der Waals surface area contributed by atoms with E-state index >= 15 is 0 Å². The monoisotopic (exact) mass is 935 g/mol. The molecule has 0 radical (unpaired) electrons. The van der Waals surface area contributed by atoms with E-state index in [9.17, 15) is 19.2 Å². The molecule has 0 N–H and O–H groups in total. The summed E-state index contributed by atoms with van der Waals surface area (Å²) in [6.45, 7) is 53.4. The number of ketones is 4. The maximum Gasteiger partial charge on any atom is 0.189 e. The van der Waals surface area contributed by atoms with Gasteiger partial charge in [0.15, 0.2) is 23.1 Å². The van der Waals surface area contributed by atoms with Crippen LogP contribution in [0.5, 0.6) is 0 Å². The Morgan fingerprint density at radius 1 is 0.348 bits per heavy atom. The maximum atomic E-state index is 12.8. The van der Waals surface area contributed by atoms with Gasteiger partial charge < -0.3 is 37.9 Å². The van der Waals surface area contributed by atoms with Gasteiger partial charge in [-0.2, -0.15) is 0 Å². The van der Waals surface area contributed by atoms with Crippen LogP contribution in [0.1, 0.15) is 171 Å². The van der Waals surface area contributed by atoms with E-state index < -0.39 is 50.2 Å². The van der Waals surface area contributed by atoms with Gasteiger partial charge in [-0.1, -0.05) is 33.2 Å². The Balaban J connectivity index is 7.02. The molecule has 0 heterocycles.